The summed E-state index contributed by atoms with van der Waals surface area (Å²) in [5.41, 5.74) is -2.22. The van der Waals surface area contributed by atoms with Gasteiger partial charge in [0.15, 0.2) is 11.4 Å². The normalized spacial score (nSPS) is 18.0. The zero-order valence-electron chi connectivity index (χ0n) is 14.6. The van der Waals surface area contributed by atoms with Gasteiger partial charge in [0.2, 0.25) is 0 Å². The lowest BCUT2D eigenvalue weighted by Gasteiger charge is -2.32. The number of nitrogens with one attached hydrogen (secondary N) is 1. The number of carbonyl (C=O) groups excluding carboxylic acids is 1. The second-order valence-corrected chi connectivity index (χ2v) is 6.49. The summed E-state index contributed by atoms with van der Waals surface area (Å²) in [5, 5.41) is 10.0. The van der Waals surface area contributed by atoms with E-state index in [0.717, 1.165) is 18.6 Å². The average molecular weight is 385 g/mol. The molecular weight excluding hydrogens is 366 g/mol. The number of hydrogen-bond acceptors (Lipinski definition) is 4. The van der Waals surface area contributed by atoms with Crippen molar-refractivity contribution in [3.63, 3.8) is 0 Å². The molecule has 146 valence electrons. The molecule has 1 unspecified atom stereocenters. The van der Waals surface area contributed by atoms with Crippen molar-refractivity contribution in [3.8, 4) is 5.69 Å². The maximum Gasteiger partial charge on any atom is 0.435 e. The molecule has 2 heterocycles. The molecular formula is C17H19F4N5O. The summed E-state index contributed by atoms with van der Waals surface area (Å²) in [6.45, 7) is 1.39. The van der Waals surface area contributed by atoms with Crippen LogP contribution in [0.5, 0.6) is 0 Å². The van der Waals surface area contributed by atoms with Crippen molar-refractivity contribution >= 4 is 5.91 Å². The van der Waals surface area contributed by atoms with Gasteiger partial charge in [-0.15, -0.1) is 5.10 Å². The first kappa shape index (κ1) is 19.3. The Morgan fingerprint density at radius 3 is 2.81 bits per heavy atom. The minimum Gasteiger partial charge on any atom is -0.337 e. The van der Waals surface area contributed by atoms with Crippen LogP contribution in [-0.4, -0.2) is 52.5 Å². The number of amides is 1. The first-order chi connectivity index (χ1) is 12.8. The van der Waals surface area contributed by atoms with E-state index >= 15 is 0 Å². The minimum absolute atomic E-state index is 0.152. The second kappa shape index (κ2) is 7.63. The fourth-order valence-electron chi connectivity index (χ4n) is 3.32. The van der Waals surface area contributed by atoms with E-state index in [9.17, 15) is 22.4 Å². The van der Waals surface area contributed by atoms with E-state index in [1.54, 1.807) is 7.05 Å². The van der Waals surface area contributed by atoms with Gasteiger partial charge in [-0.3, -0.25) is 4.79 Å². The fourth-order valence-corrected chi connectivity index (χ4v) is 3.32. The fraction of sp³-hybridized carbons (Fsp3) is 0.471. The topological polar surface area (TPSA) is 63.1 Å². The third-order valence-corrected chi connectivity index (χ3v) is 4.49. The summed E-state index contributed by atoms with van der Waals surface area (Å²) in [4.78, 5) is 14.1. The molecule has 1 fully saturated rings. The molecule has 0 saturated carbocycles. The van der Waals surface area contributed by atoms with Crippen molar-refractivity contribution < 1.29 is 22.4 Å². The van der Waals surface area contributed by atoms with E-state index < -0.39 is 29.3 Å². The Kier molecular flexibility index (Phi) is 5.45. The van der Waals surface area contributed by atoms with E-state index in [1.807, 2.05) is 0 Å². The smallest absolute Gasteiger partial charge is 0.337 e. The number of rotatable bonds is 4. The zero-order valence-corrected chi connectivity index (χ0v) is 14.6. The molecule has 0 spiro atoms. The maximum atomic E-state index is 13.7. The standard InChI is InChI=1S/C17H19F4N5O/c1-22-9-11-4-3-7-25(10-11)16(27)14-15(17(19,20)21)26(24-23-14)13-6-2-5-12(18)8-13/h2,5-6,8,11,22H,3-4,7,9-10H2,1H3. The van der Waals surface area contributed by atoms with Crippen LogP contribution in [0, 0.1) is 11.7 Å². The Balaban J connectivity index is 1.97. The molecule has 2 aromatic rings. The number of aromatic nitrogens is 3. The van der Waals surface area contributed by atoms with Crippen LogP contribution in [-0.2, 0) is 6.18 Å². The summed E-state index contributed by atoms with van der Waals surface area (Å²) in [6.07, 6.45) is -3.27. The Morgan fingerprint density at radius 2 is 2.15 bits per heavy atom. The molecule has 6 nitrogen and oxygen atoms in total. The maximum absolute atomic E-state index is 13.7. The van der Waals surface area contributed by atoms with Gasteiger partial charge >= 0.3 is 6.18 Å². The molecule has 0 radical (unpaired) electrons. The zero-order chi connectivity index (χ0) is 19.6. The van der Waals surface area contributed by atoms with Crippen LogP contribution < -0.4 is 5.32 Å². The van der Waals surface area contributed by atoms with Gasteiger partial charge in [0.25, 0.3) is 5.91 Å². The van der Waals surface area contributed by atoms with Gasteiger partial charge in [0, 0.05) is 13.1 Å². The molecule has 1 N–H and O–H groups in total. The molecule has 27 heavy (non-hydrogen) atoms. The molecule has 10 heteroatoms. The Bertz CT molecular complexity index is 818. The lowest BCUT2D eigenvalue weighted by atomic mass is 9.97. The summed E-state index contributed by atoms with van der Waals surface area (Å²) < 4.78 is 54.9. The summed E-state index contributed by atoms with van der Waals surface area (Å²) in [5.74, 6) is -1.36. The molecule has 1 aliphatic rings. The third-order valence-electron chi connectivity index (χ3n) is 4.49. The largest absolute Gasteiger partial charge is 0.435 e. The molecule has 0 bridgehead atoms. The number of piperidine rings is 1. The Hall–Kier alpha value is -2.49. The van der Waals surface area contributed by atoms with Crippen molar-refractivity contribution in [1.82, 2.24) is 25.2 Å². The average Bonchev–Trinajstić information content (AvgIpc) is 3.07. The highest BCUT2D eigenvalue weighted by atomic mass is 19.4. The number of likely N-dealkylation sites (tertiary alicyclic amines) is 1. The summed E-state index contributed by atoms with van der Waals surface area (Å²) in [7, 11) is 1.78. The lowest BCUT2D eigenvalue weighted by molar-refractivity contribution is -0.143. The summed E-state index contributed by atoms with van der Waals surface area (Å²) in [6, 6.07) is 4.55. The van der Waals surface area contributed by atoms with Crippen molar-refractivity contribution in [3.05, 3.63) is 41.5 Å². The van der Waals surface area contributed by atoms with Gasteiger partial charge < -0.3 is 10.2 Å². The predicted octanol–water partition coefficient (Wildman–Crippen LogP) is 2.50. The van der Waals surface area contributed by atoms with Gasteiger partial charge in [-0.25, -0.2) is 9.07 Å². The molecule has 3 rings (SSSR count). The first-order valence-corrected chi connectivity index (χ1v) is 8.54. The van der Waals surface area contributed by atoms with Crippen molar-refractivity contribution in [2.75, 3.05) is 26.7 Å². The molecule has 1 saturated heterocycles. The van der Waals surface area contributed by atoms with Crippen LogP contribution in [0.4, 0.5) is 17.6 Å². The number of carbonyl (C=O) groups is 1. The van der Waals surface area contributed by atoms with Crippen molar-refractivity contribution in [2.45, 2.75) is 19.0 Å². The van der Waals surface area contributed by atoms with Crippen LogP contribution in [0.2, 0.25) is 0 Å². The number of nitrogens with zero attached hydrogens (tertiary/aromatic N) is 4. The first-order valence-electron chi connectivity index (χ1n) is 8.54. The quantitative estimate of drug-likeness (QED) is 0.822. The van der Waals surface area contributed by atoms with Crippen LogP contribution in [0.15, 0.2) is 24.3 Å². The van der Waals surface area contributed by atoms with E-state index in [1.165, 1.54) is 17.0 Å². The monoisotopic (exact) mass is 385 g/mol. The molecule has 1 amide bonds. The number of hydrogen-bond donors (Lipinski definition) is 1. The van der Waals surface area contributed by atoms with Crippen LogP contribution >= 0.6 is 0 Å². The molecule has 1 aliphatic heterocycles. The van der Waals surface area contributed by atoms with Gasteiger partial charge in [-0.1, -0.05) is 11.3 Å². The van der Waals surface area contributed by atoms with E-state index in [-0.39, 0.29) is 11.6 Å². The minimum atomic E-state index is -4.87. The Labute approximate surface area is 153 Å². The highest BCUT2D eigenvalue weighted by Crippen LogP contribution is 2.33. The Morgan fingerprint density at radius 1 is 1.37 bits per heavy atom. The number of halogens is 4. The molecule has 1 aromatic heterocycles. The lowest BCUT2D eigenvalue weighted by Crippen LogP contribution is -2.43. The van der Waals surface area contributed by atoms with Crippen LogP contribution in [0.1, 0.15) is 29.0 Å². The highest BCUT2D eigenvalue weighted by molar-refractivity contribution is 5.93. The van der Waals surface area contributed by atoms with Gasteiger partial charge in [-0.05, 0) is 50.6 Å². The third kappa shape index (κ3) is 4.10. The molecule has 1 atom stereocenters. The number of benzene rings is 1. The summed E-state index contributed by atoms with van der Waals surface area (Å²) >= 11 is 0. The van der Waals surface area contributed by atoms with Gasteiger partial charge in [0.1, 0.15) is 5.82 Å². The van der Waals surface area contributed by atoms with Crippen LogP contribution in [0.25, 0.3) is 5.69 Å². The second-order valence-electron chi connectivity index (χ2n) is 6.49. The van der Waals surface area contributed by atoms with Gasteiger partial charge in [-0.2, -0.15) is 13.2 Å². The SMILES string of the molecule is CNCC1CCCN(C(=O)c2nnn(-c3cccc(F)c3)c2C(F)(F)F)C1. The van der Waals surface area contributed by atoms with Crippen LogP contribution in [0.3, 0.4) is 0 Å². The van der Waals surface area contributed by atoms with Crippen molar-refractivity contribution in [1.29, 1.82) is 0 Å². The number of alkyl halides is 3. The van der Waals surface area contributed by atoms with E-state index in [4.69, 9.17) is 0 Å². The van der Waals surface area contributed by atoms with Gasteiger partial charge in [0.05, 0.1) is 5.69 Å². The predicted molar refractivity (Wildman–Crippen MR) is 88.9 cm³/mol. The molecule has 1 aromatic carbocycles. The van der Waals surface area contributed by atoms with E-state index in [0.29, 0.717) is 30.7 Å². The van der Waals surface area contributed by atoms with E-state index in [2.05, 4.69) is 15.6 Å². The molecule has 0 aliphatic carbocycles. The van der Waals surface area contributed by atoms with Crippen molar-refractivity contribution in [2.24, 2.45) is 5.92 Å². The highest BCUT2D eigenvalue weighted by Gasteiger charge is 2.43.